The average molecular weight is 286 g/mol. The normalized spacial score (nSPS) is 13.2. The van der Waals surface area contributed by atoms with E-state index in [2.05, 4.69) is 4.72 Å². The van der Waals surface area contributed by atoms with Gasteiger partial charge in [0, 0.05) is 11.7 Å². The topological polar surface area (TPSA) is 81.4 Å². The lowest BCUT2D eigenvalue weighted by atomic mass is 10.2. The Bertz CT molecular complexity index is 515. The van der Waals surface area contributed by atoms with E-state index in [0.717, 1.165) is 12.8 Å². The van der Waals surface area contributed by atoms with E-state index in [1.54, 1.807) is 19.1 Å². The highest BCUT2D eigenvalue weighted by Crippen LogP contribution is 2.26. The van der Waals surface area contributed by atoms with Crippen LogP contribution in [-0.4, -0.2) is 21.1 Å². The summed E-state index contributed by atoms with van der Waals surface area (Å²) >= 11 is 0. The van der Waals surface area contributed by atoms with Crippen molar-refractivity contribution in [2.45, 2.75) is 44.6 Å². The fourth-order valence-corrected chi connectivity index (χ4v) is 3.29. The first kappa shape index (κ1) is 15.8. The average Bonchev–Trinajstić information content (AvgIpc) is 2.31. The molecule has 1 atom stereocenters. The lowest BCUT2D eigenvalue weighted by molar-refractivity contribution is 0.331. The van der Waals surface area contributed by atoms with Gasteiger partial charge in [-0.3, -0.25) is 0 Å². The standard InChI is InChI=1S/C13H22N2O3S/c1-4-6-10(3)15-19(16,17)13-9-11(14)7-8-12(13)18-5-2/h7-10,15H,4-6,14H2,1-3H3. The van der Waals surface area contributed by atoms with Gasteiger partial charge >= 0.3 is 0 Å². The minimum absolute atomic E-state index is 0.0947. The van der Waals surface area contributed by atoms with Crippen molar-refractivity contribution < 1.29 is 13.2 Å². The molecular formula is C13H22N2O3S. The van der Waals surface area contributed by atoms with Crippen molar-refractivity contribution in [2.75, 3.05) is 12.3 Å². The maximum atomic E-state index is 12.3. The van der Waals surface area contributed by atoms with Crippen molar-refractivity contribution in [3.05, 3.63) is 18.2 Å². The summed E-state index contributed by atoms with van der Waals surface area (Å²) in [7, 11) is -3.61. The zero-order valence-electron chi connectivity index (χ0n) is 11.6. The van der Waals surface area contributed by atoms with Gasteiger partial charge in [0.25, 0.3) is 0 Å². The molecule has 0 aliphatic heterocycles. The van der Waals surface area contributed by atoms with Gasteiger partial charge in [-0.05, 0) is 38.5 Å². The zero-order chi connectivity index (χ0) is 14.5. The van der Waals surface area contributed by atoms with Crippen LogP contribution in [0.4, 0.5) is 5.69 Å². The van der Waals surface area contributed by atoms with E-state index in [4.69, 9.17) is 10.5 Å². The second kappa shape index (κ2) is 6.77. The number of hydrogen-bond acceptors (Lipinski definition) is 4. The van der Waals surface area contributed by atoms with Crippen LogP contribution in [0, 0.1) is 0 Å². The maximum Gasteiger partial charge on any atom is 0.244 e. The van der Waals surface area contributed by atoms with Crippen LogP contribution in [-0.2, 0) is 10.0 Å². The molecule has 0 fully saturated rings. The number of rotatable bonds is 7. The highest BCUT2D eigenvalue weighted by atomic mass is 32.2. The predicted octanol–water partition coefficient (Wildman–Crippen LogP) is 2.13. The smallest absolute Gasteiger partial charge is 0.244 e. The van der Waals surface area contributed by atoms with E-state index >= 15 is 0 Å². The van der Waals surface area contributed by atoms with E-state index in [9.17, 15) is 8.42 Å². The van der Waals surface area contributed by atoms with Gasteiger partial charge in [-0.25, -0.2) is 13.1 Å². The molecule has 0 amide bonds. The van der Waals surface area contributed by atoms with E-state index in [1.165, 1.54) is 6.07 Å². The molecule has 0 spiro atoms. The highest BCUT2D eigenvalue weighted by molar-refractivity contribution is 7.89. The molecule has 3 N–H and O–H groups in total. The van der Waals surface area contributed by atoms with Crippen LogP contribution in [0.3, 0.4) is 0 Å². The molecule has 5 nitrogen and oxygen atoms in total. The SMILES string of the molecule is CCCC(C)NS(=O)(=O)c1cc(N)ccc1OCC. The van der Waals surface area contributed by atoms with Crippen molar-refractivity contribution >= 4 is 15.7 Å². The Morgan fingerprint density at radius 1 is 1.37 bits per heavy atom. The quantitative estimate of drug-likeness (QED) is 0.752. The zero-order valence-corrected chi connectivity index (χ0v) is 12.5. The maximum absolute atomic E-state index is 12.3. The van der Waals surface area contributed by atoms with E-state index in [1.807, 2.05) is 13.8 Å². The molecule has 1 rings (SSSR count). The van der Waals surface area contributed by atoms with Gasteiger partial charge in [-0.15, -0.1) is 0 Å². The summed E-state index contributed by atoms with van der Waals surface area (Å²) in [6.07, 6.45) is 1.70. The molecule has 0 heterocycles. The first-order valence-electron chi connectivity index (χ1n) is 6.45. The number of sulfonamides is 1. The van der Waals surface area contributed by atoms with Crippen LogP contribution in [0.25, 0.3) is 0 Å². The first-order valence-corrected chi connectivity index (χ1v) is 7.93. The minimum atomic E-state index is -3.61. The molecule has 19 heavy (non-hydrogen) atoms. The monoisotopic (exact) mass is 286 g/mol. The molecule has 0 aliphatic carbocycles. The fraction of sp³-hybridized carbons (Fsp3) is 0.538. The van der Waals surface area contributed by atoms with Crippen LogP contribution in [0.15, 0.2) is 23.1 Å². The molecule has 108 valence electrons. The summed E-state index contributed by atoms with van der Waals surface area (Å²) in [6.45, 7) is 6.06. The third-order valence-electron chi connectivity index (χ3n) is 2.64. The number of hydrogen-bond donors (Lipinski definition) is 2. The lowest BCUT2D eigenvalue weighted by Crippen LogP contribution is -2.32. The Hall–Kier alpha value is -1.27. The molecule has 1 unspecified atom stereocenters. The Balaban J connectivity index is 3.08. The fourth-order valence-electron chi connectivity index (χ4n) is 1.83. The molecule has 0 bridgehead atoms. The highest BCUT2D eigenvalue weighted by Gasteiger charge is 2.21. The number of anilines is 1. The Kier molecular flexibility index (Phi) is 5.62. The summed E-state index contributed by atoms with van der Waals surface area (Å²) in [5, 5.41) is 0. The van der Waals surface area contributed by atoms with Crippen LogP contribution in [0.5, 0.6) is 5.75 Å². The second-order valence-electron chi connectivity index (χ2n) is 4.45. The van der Waals surface area contributed by atoms with Crippen molar-refractivity contribution in [3.8, 4) is 5.75 Å². The van der Waals surface area contributed by atoms with Crippen molar-refractivity contribution in [2.24, 2.45) is 0 Å². The third-order valence-corrected chi connectivity index (χ3v) is 4.25. The Labute approximate surface area is 115 Å². The van der Waals surface area contributed by atoms with E-state index in [0.29, 0.717) is 18.0 Å². The van der Waals surface area contributed by atoms with Gasteiger partial charge in [0.2, 0.25) is 10.0 Å². The lowest BCUT2D eigenvalue weighted by Gasteiger charge is -2.16. The summed E-state index contributed by atoms with van der Waals surface area (Å²) in [6, 6.07) is 4.51. The molecule has 0 saturated heterocycles. The molecular weight excluding hydrogens is 264 g/mol. The molecule has 0 saturated carbocycles. The number of benzene rings is 1. The van der Waals surface area contributed by atoms with Crippen LogP contribution in [0.1, 0.15) is 33.6 Å². The van der Waals surface area contributed by atoms with Crippen LogP contribution >= 0.6 is 0 Å². The molecule has 1 aromatic carbocycles. The third kappa shape index (κ3) is 4.40. The van der Waals surface area contributed by atoms with Crippen LogP contribution in [0.2, 0.25) is 0 Å². The Morgan fingerprint density at radius 3 is 2.63 bits per heavy atom. The van der Waals surface area contributed by atoms with Crippen molar-refractivity contribution in [1.82, 2.24) is 4.72 Å². The second-order valence-corrected chi connectivity index (χ2v) is 6.13. The molecule has 1 aromatic rings. The van der Waals surface area contributed by atoms with Gasteiger partial charge in [0.1, 0.15) is 10.6 Å². The summed E-state index contributed by atoms with van der Waals surface area (Å²) in [5.41, 5.74) is 6.06. The number of nitrogens with one attached hydrogen (secondary N) is 1. The van der Waals surface area contributed by atoms with Gasteiger partial charge in [-0.1, -0.05) is 13.3 Å². The van der Waals surface area contributed by atoms with Gasteiger partial charge < -0.3 is 10.5 Å². The van der Waals surface area contributed by atoms with Crippen LogP contribution < -0.4 is 15.2 Å². The molecule has 0 aliphatic rings. The summed E-state index contributed by atoms with van der Waals surface area (Å²) in [5.74, 6) is 0.327. The number of ether oxygens (including phenoxy) is 1. The summed E-state index contributed by atoms with van der Waals surface area (Å²) < 4.78 is 32.6. The molecule has 0 radical (unpaired) electrons. The summed E-state index contributed by atoms with van der Waals surface area (Å²) in [4.78, 5) is 0.0947. The Morgan fingerprint density at radius 2 is 2.05 bits per heavy atom. The van der Waals surface area contributed by atoms with Gasteiger partial charge in [-0.2, -0.15) is 0 Å². The van der Waals surface area contributed by atoms with E-state index in [-0.39, 0.29) is 10.9 Å². The molecule has 6 heteroatoms. The number of nitrogen functional groups attached to an aromatic ring is 1. The van der Waals surface area contributed by atoms with Gasteiger partial charge in [0.15, 0.2) is 0 Å². The molecule has 0 aromatic heterocycles. The minimum Gasteiger partial charge on any atom is -0.492 e. The van der Waals surface area contributed by atoms with Crippen molar-refractivity contribution in [3.63, 3.8) is 0 Å². The van der Waals surface area contributed by atoms with Gasteiger partial charge in [0.05, 0.1) is 6.61 Å². The van der Waals surface area contributed by atoms with Crippen molar-refractivity contribution in [1.29, 1.82) is 0 Å². The first-order chi connectivity index (χ1) is 8.90. The number of nitrogens with two attached hydrogens (primary N) is 1. The van der Waals surface area contributed by atoms with E-state index < -0.39 is 10.0 Å². The largest absolute Gasteiger partial charge is 0.492 e. The predicted molar refractivity (Wildman–Crippen MR) is 76.7 cm³/mol.